The molecule has 1 aromatic rings. The topological polar surface area (TPSA) is 79.3 Å². The summed E-state index contributed by atoms with van der Waals surface area (Å²) in [4.78, 5) is 26.4. The molecular formula is C11H12N2O3. The van der Waals surface area contributed by atoms with Crippen molar-refractivity contribution in [2.24, 2.45) is 0 Å². The van der Waals surface area contributed by atoms with Gasteiger partial charge in [0, 0.05) is 0 Å². The predicted molar refractivity (Wildman–Crippen MR) is 56.5 cm³/mol. The number of carboxylic acids is 1. The standard InChI is InChI=1S/C11H12N2O3/c1-5(2)6-3-7(11(15)16)13-8-4-12-10(14)9(6)8/h3,5H,4H2,1-2H3,(H,12,14)(H,15,16). The van der Waals surface area contributed by atoms with Crippen LogP contribution in [0.1, 0.15) is 51.9 Å². The van der Waals surface area contributed by atoms with Crippen molar-refractivity contribution in [3.63, 3.8) is 0 Å². The molecule has 0 aliphatic carbocycles. The molecule has 1 aliphatic heterocycles. The lowest BCUT2D eigenvalue weighted by Crippen LogP contribution is -2.14. The molecule has 5 heteroatoms. The van der Waals surface area contributed by atoms with Crippen molar-refractivity contribution in [3.8, 4) is 0 Å². The van der Waals surface area contributed by atoms with Gasteiger partial charge in [-0.15, -0.1) is 0 Å². The van der Waals surface area contributed by atoms with Gasteiger partial charge in [0.05, 0.1) is 17.8 Å². The Morgan fingerprint density at radius 3 is 2.81 bits per heavy atom. The third-order valence-corrected chi connectivity index (χ3v) is 2.61. The summed E-state index contributed by atoms with van der Waals surface area (Å²) in [7, 11) is 0. The highest BCUT2D eigenvalue weighted by molar-refractivity contribution is 6.00. The molecule has 5 nitrogen and oxygen atoms in total. The molecule has 0 fully saturated rings. The maximum Gasteiger partial charge on any atom is 0.354 e. The second-order valence-electron chi connectivity index (χ2n) is 4.06. The molecule has 0 atom stereocenters. The van der Waals surface area contributed by atoms with Gasteiger partial charge in [-0.2, -0.15) is 0 Å². The minimum Gasteiger partial charge on any atom is -0.477 e. The maximum atomic E-state index is 11.6. The molecule has 1 aliphatic rings. The first-order valence-electron chi connectivity index (χ1n) is 5.06. The van der Waals surface area contributed by atoms with E-state index in [1.165, 1.54) is 6.07 Å². The number of hydrogen-bond acceptors (Lipinski definition) is 3. The molecule has 0 unspecified atom stereocenters. The first-order valence-corrected chi connectivity index (χ1v) is 5.06. The summed E-state index contributed by atoms with van der Waals surface area (Å²) in [6.07, 6.45) is 0. The Labute approximate surface area is 92.5 Å². The van der Waals surface area contributed by atoms with Crippen molar-refractivity contribution in [2.45, 2.75) is 26.3 Å². The van der Waals surface area contributed by atoms with Gasteiger partial charge in [-0.3, -0.25) is 4.79 Å². The van der Waals surface area contributed by atoms with Crippen LogP contribution < -0.4 is 5.32 Å². The Balaban J connectivity index is 2.66. The predicted octanol–water partition coefficient (Wildman–Crippen LogP) is 1.15. The van der Waals surface area contributed by atoms with Crippen LogP contribution in [0.15, 0.2) is 6.07 Å². The number of amides is 1. The number of fused-ring (bicyclic) bond motifs is 1. The summed E-state index contributed by atoms with van der Waals surface area (Å²) >= 11 is 0. The van der Waals surface area contributed by atoms with Gasteiger partial charge in [-0.25, -0.2) is 9.78 Å². The lowest BCUT2D eigenvalue weighted by molar-refractivity contribution is 0.0689. The van der Waals surface area contributed by atoms with Gasteiger partial charge in [0.15, 0.2) is 0 Å². The van der Waals surface area contributed by atoms with Gasteiger partial charge in [0.2, 0.25) is 0 Å². The highest BCUT2D eigenvalue weighted by atomic mass is 16.4. The van der Waals surface area contributed by atoms with Gasteiger partial charge in [0.1, 0.15) is 5.69 Å². The van der Waals surface area contributed by atoms with Crippen LogP contribution in [0.25, 0.3) is 0 Å². The summed E-state index contributed by atoms with van der Waals surface area (Å²) in [5.74, 6) is -1.13. The number of aromatic carboxylic acids is 1. The average Bonchev–Trinajstić information content (AvgIpc) is 2.59. The molecule has 0 spiro atoms. The molecule has 16 heavy (non-hydrogen) atoms. The number of rotatable bonds is 2. The lowest BCUT2D eigenvalue weighted by Gasteiger charge is -2.10. The van der Waals surface area contributed by atoms with E-state index < -0.39 is 5.97 Å². The molecule has 0 saturated carbocycles. The van der Waals surface area contributed by atoms with E-state index in [-0.39, 0.29) is 17.5 Å². The van der Waals surface area contributed by atoms with Crippen LogP contribution in [0.5, 0.6) is 0 Å². The molecule has 1 amide bonds. The fourth-order valence-electron chi connectivity index (χ4n) is 1.83. The minimum absolute atomic E-state index is 0.000972. The van der Waals surface area contributed by atoms with E-state index in [1.54, 1.807) is 0 Å². The third kappa shape index (κ3) is 1.54. The van der Waals surface area contributed by atoms with Gasteiger partial charge >= 0.3 is 5.97 Å². The lowest BCUT2D eigenvalue weighted by atomic mass is 9.96. The van der Waals surface area contributed by atoms with Crippen molar-refractivity contribution in [3.05, 3.63) is 28.6 Å². The van der Waals surface area contributed by atoms with Crippen LogP contribution in [0, 0.1) is 0 Å². The van der Waals surface area contributed by atoms with Crippen molar-refractivity contribution in [2.75, 3.05) is 0 Å². The van der Waals surface area contributed by atoms with Gasteiger partial charge in [0.25, 0.3) is 5.91 Å². The van der Waals surface area contributed by atoms with Crippen LogP contribution in [-0.2, 0) is 6.54 Å². The highest BCUT2D eigenvalue weighted by Gasteiger charge is 2.27. The minimum atomic E-state index is -1.07. The fourth-order valence-corrected chi connectivity index (χ4v) is 1.83. The van der Waals surface area contributed by atoms with E-state index in [2.05, 4.69) is 10.3 Å². The van der Waals surface area contributed by atoms with Crippen molar-refractivity contribution in [1.29, 1.82) is 0 Å². The van der Waals surface area contributed by atoms with E-state index in [0.717, 1.165) is 5.56 Å². The van der Waals surface area contributed by atoms with Gasteiger partial charge < -0.3 is 10.4 Å². The molecule has 2 rings (SSSR count). The number of nitrogens with zero attached hydrogens (tertiary/aromatic N) is 1. The zero-order chi connectivity index (χ0) is 11.9. The van der Waals surface area contributed by atoms with E-state index in [9.17, 15) is 9.59 Å². The van der Waals surface area contributed by atoms with Crippen LogP contribution in [0.4, 0.5) is 0 Å². The molecule has 1 aromatic heterocycles. The van der Waals surface area contributed by atoms with Gasteiger partial charge in [-0.05, 0) is 17.5 Å². The first kappa shape index (κ1) is 10.6. The zero-order valence-electron chi connectivity index (χ0n) is 9.07. The maximum absolute atomic E-state index is 11.6. The molecular weight excluding hydrogens is 208 g/mol. The molecule has 2 heterocycles. The summed E-state index contributed by atoms with van der Waals surface area (Å²) in [6, 6.07) is 1.48. The average molecular weight is 220 g/mol. The van der Waals surface area contributed by atoms with E-state index in [1.807, 2.05) is 13.8 Å². The summed E-state index contributed by atoms with van der Waals surface area (Å²) < 4.78 is 0. The van der Waals surface area contributed by atoms with Crippen LogP contribution >= 0.6 is 0 Å². The zero-order valence-corrected chi connectivity index (χ0v) is 9.07. The quantitative estimate of drug-likeness (QED) is 0.783. The number of pyridine rings is 1. The first-order chi connectivity index (χ1) is 7.50. The van der Waals surface area contributed by atoms with Gasteiger partial charge in [-0.1, -0.05) is 13.8 Å². The molecule has 84 valence electrons. The molecule has 0 aromatic carbocycles. The molecule has 0 bridgehead atoms. The Morgan fingerprint density at radius 2 is 2.25 bits per heavy atom. The number of carbonyl (C=O) groups excluding carboxylic acids is 1. The van der Waals surface area contributed by atoms with Crippen LogP contribution in [0.3, 0.4) is 0 Å². The SMILES string of the molecule is CC(C)c1cc(C(=O)O)nc2c1C(=O)NC2. The number of carbonyl (C=O) groups is 2. The van der Waals surface area contributed by atoms with E-state index >= 15 is 0 Å². The van der Waals surface area contributed by atoms with Crippen molar-refractivity contribution < 1.29 is 14.7 Å². The van der Waals surface area contributed by atoms with Crippen molar-refractivity contribution in [1.82, 2.24) is 10.3 Å². The fraction of sp³-hybridized carbons (Fsp3) is 0.364. The normalized spacial score (nSPS) is 13.8. The van der Waals surface area contributed by atoms with Crippen LogP contribution in [0.2, 0.25) is 0 Å². The summed E-state index contributed by atoms with van der Waals surface area (Å²) in [5.41, 5.74) is 1.82. The van der Waals surface area contributed by atoms with Crippen LogP contribution in [-0.4, -0.2) is 22.0 Å². The Kier molecular flexibility index (Phi) is 2.38. The Bertz CT molecular complexity index is 480. The summed E-state index contributed by atoms with van der Waals surface area (Å²) in [6.45, 7) is 4.16. The van der Waals surface area contributed by atoms with E-state index in [4.69, 9.17) is 5.11 Å². The highest BCUT2D eigenvalue weighted by Crippen LogP contribution is 2.25. The number of hydrogen-bond donors (Lipinski definition) is 2. The summed E-state index contributed by atoms with van der Waals surface area (Å²) in [5, 5.41) is 11.6. The third-order valence-electron chi connectivity index (χ3n) is 2.61. The van der Waals surface area contributed by atoms with E-state index in [0.29, 0.717) is 17.8 Å². The second kappa shape index (κ2) is 3.59. The molecule has 2 N–H and O–H groups in total. The smallest absolute Gasteiger partial charge is 0.354 e. The largest absolute Gasteiger partial charge is 0.477 e. The number of carboxylic acid groups (broad SMARTS) is 1. The molecule has 0 radical (unpaired) electrons. The number of nitrogens with one attached hydrogen (secondary N) is 1. The second-order valence-corrected chi connectivity index (χ2v) is 4.06. The van der Waals surface area contributed by atoms with Crippen molar-refractivity contribution >= 4 is 11.9 Å². The number of aromatic nitrogens is 1. The molecule has 0 saturated heterocycles. The Morgan fingerprint density at radius 1 is 1.56 bits per heavy atom. The Hall–Kier alpha value is -1.91. The monoisotopic (exact) mass is 220 g/mol.